The molecule has 38 heavy (non-hydrogen) atoms. The number of benzene rings is 3. The molecule has 198 valence electrons. The van der Waals surface area contributed by atoms with Gasteiger partial charge in [0, 0.05) is 0 Å². The van der Waals surface area contributed by atoms with Gasteiger partial charge in [-0.3, -0.25) is 0 Å². The molecule has 8 nitrogen and oxygen atoms in total. The third-order valence-corrected chi connectivity index (χ3v) is 5.89. The molecule has 0 aliphatic carbocycles. The molecule has 1 aliphatic rings. The van der Waals surface area contributed by atoms with E-state index in [-0.39, 0.29) is 11.7 Å². The molecule has 0 aromatic heterocycles. The number of hydrogen-bond acceptors (Lipinski definition) is 8. The summed E-state index contributed by atoms with van der Waals surface area (Å²) in [6.07, 6.45) is -5.71. The van der Waals surface area contributed by atoms with Gasteiger partial charge in [-0.2, -0.15) is 0 Å². The smallest absolute Gasteiger partial charge is 0.338 e. The highest BCUT2D eigenvalue weighted by Crippen LogP contribution is 2.31. The molecule has 1 fully saturated rings. The van der Waals surface area contributed by atoms with Gasteiger partial charge in [0.1, 0.15) is 0 Å². The third-order valence-electron chi connectivity index (χ3n) is 5.89. The topological polar surface area (TPSA) is 97.4 Å². The van der Waals surface area contributed by atoms with E-state index >= 15 is 0 Å². The zero-order chi connectivity index (χ0) is 27.1. The van der Waals surface area contributed by atoms with Gasteiger partial charge in [-0.05, 0) is 57.2 Å². The van der Waals surface area contributed by atoms with E-state index in [0.29, 0.717) is 11.1 Å². The van der Waals surface area contributed by atoms with Gasteiger partial charge in [0.15, 0.2) is 24.6 Å². The van der Waals surface area contributed by atoms with Crippen LogP contribution in [-0.4, -0.2) is 54.7 Å². The maximum absolute atomic E-state index is 13.2. The lowest BCUT2D eigenvalue weighted by Gasteiger charge is -2.44. The Bertz CT molecular complexity index is 1210. The van der Waals surface area contributed by atoms with E-state index in [4.69, 9.17) is 23.7 Å². The van der Waals surface area contributed by atoms with Crippen molar-refractivity contribution < 1.29 is 38.1 Å². The molecule has 0 bridgehead atoms. The lowest BCUT2D eigenvalue weighted by Crippen LogP contribution is -2.61. The zero-order valence-electron chi connectivity index (χ0n) is 21.4. The number of ether oxygens (including phenoxy) is 5. The van der Waals surface area contributed by atoms with Crippen LogP contribution in [0.3, 0.4) is 0 Å². The average molecular weight is 519 g/mol. The summed E-state index contributed by atoms with van der Waals surface area (Å²) in [6.45, 7) is 5.28. The molecule has 3 aromatic carbocycles. The Morgan fingerprint density at radius 2 is 0.974 bits per heavy atom. The number of esters is 3. The van der Waals surface area contributed by atoms with E-state index in [1.54, 1.807) is 112 Å². The van der Waals surface area contributed by atoms with Crippen molar-refractivity contribution >= 4 is 17.9 Å². The zero-order valence-corrected chi connectivity index (χ0v) is 21.4. The second-order valence-corrected chi connectivity index (χ2v) is 9.10. The van der Waals surface area contributed by atoms with Gasteiger partial charge in [0.05, 0.1) is 28.9 Å². The van der Waals surface area contributed by atoms with Crippen molar-refractivity contribution in [2.75, 3.05) is 0 Å². The van der Waals surface area contributed by atoms with Gasteiger partial charge in [0.25, 0.3) is 0 Å². The number of hydrogen-bond donors (Lipinski definition) is 0. The minimum absolute atomic E-state index is 0.286. The molecular weight excluding hydrogens is 488 g/mol. The summed E-state index contributed by atoms with van der Waals surface area (Å²) in [5, 5.41) is 0. The molecule has 0 saturated carbocycles. The second kappa shape index (κ2) is 12.5. The van der Waals surface area contributed by atoms with Crippen LogP contribution in [0.5, 0.6) is 0 Å². The molecule has 3 aromatic rings. The van der Waals surface area contributed by atoms with Crippen molar-refractivity contribution in [3.63, 3.8) is 0 Å². The van der Waals surface area contributed by atoms with Crippen molar-refractivity contribution in [3.8, 4) is 0 Å². The SMILES string of the molecule is CC(C)O[C@H]1O[C@@H](C)[C@H](OC(=O)c2ccccc2)[C@@H](OC(=O)c2ccccc2)[C@H]1OC(=O)c1ccccc1. The fourth-order valence-electron chi connectivity index (χ4n) is 4.07. The molecule has 0 unspecified atom stereocenters. The number of carbonyl (C=O) groups is 3. The van der Waals surface area contributed by atoms with E-state index in [2.05, 4.69) is 0 Å². The van der Waals surface area contributed by atoms with Gasteiger partial charge >= 0.3 is 17.9 Å². The highest BCUT2D eigenvalue weighted by Gasteiger charge is 2.52. The minimum atomic E-state index is -1.23. The number of carbonyl (C=O) groups excluding carboxylic acids is 3. The van der Waals surface area contributed by atoms with Crippen molar-refractivity contribution in [2.24, 2.45) is 0 Å². The molecule has 0 amide bonds. The molecule has 5 atom stereocenters. The Balaban J connectivity index is 1.69. The first-order chi connectivity index (χ1) is 18.3. The lowest BCUT2D eigenvalue weighted by atomic mass is 9.98. The fourth-order valence-corrected chi connectivity index (χ4v) is 4.07. The van der Waals surface area contributed by atoms with Gasteiger partial charge in [-0.15, -0.1) is 0 Å². The predicted octanol–water partition coefficient (Wildman–Crippen LogP) is 4.83. The van der Waals surface area contributed by atoms with E-state index in [1.165, 1.54) is 0 Å². The summed E-state index contributed by atoms with van der Waals surface area (Å²) < 4.78 is 29.6. The van der Waals surface area contributed by atoms with E-state index in [1.807, 2.05) is 0 Å². The first-order valence-electron chi connectivity index (χ1n) is 12.4. The Kier molecular flexibility index (Phi) is 8.89. The maximum Gasteiger partial charge on any atom is 0.338 e. The highest BCUT2D eigenvalue weighted by atomic mass is 16.7. The van der Waals surface area contributed by atoms with Gasteiger partial charge in [0.2, 0.25) is 0 Å². The Labute approximate surface area is 221 Å². The molecule has 4 rings (SSSR count). The largest absolute Gasteiger partial charge is 0.452 e. The van der Waals surface area contributed by atoms with Crippen molar-refractivity contribution in [3.05, 3.63) is 108 Å². The first kappa shape index (κ1) is 27.0. The summed E-state index contributed by atoms with van der Waals surface area (Å²) in [4.78, 5) is 39.3. The van der Waals surface area contributed by atoms with Crippen molar-refractivity contribution in [1.82, 2.24) is 0 Å². The number of rotatable bonds is 8. The monoisotopic (exact) mass is 518 g/mol. The van der Waals surface area contributed by atoms with Crippen LogP contribution in [0.25, 0.3) is 0 Å². The molecule has 1 aliphatic heterocycles. The maximum atomic E-state index is 13.2. The molecular formula is C30H30O8. The van der Waals surface area contributed by atoms with Crippen LogP contribution in [0.1, 0.15) is 51.8 Å². The summed E-state index contributed by atoms with van der Waals surface area (Å²) >= 11 is 0. The standard InChI is InChI=1S/C30H30O8/c1-19(2)34-30-26(38-29(33)23-17-11-6-12-18-23)25(37-28(32)22-15-9-5-10-16-22)24(20(3)35-30)36-27(31)21-13-7-4-8-14-21/h4-20,24-26,30H,1-3H3/t20-,24-,25+,26+,30-/m0/s1. The Morgan fingerprint density at radius 3 is 1.37 bits per heavy atom. The summed E-state index contributed by atoms with van der Waals surface area (Å²) in [5.74, 6) is -1.97. The van der Waals surface area contributed by atoms with Crippen LogP contribution in [0.15, 0.2) is 91.0 Å². The van der Waals surface area contributed by atoms with E-state index in [9.17, 15) is 14.4 Å². The van der Waals surface area contributed by atoms with Gasteiger partial charge < -0.3 is 23.7 Å². The Hall–Kier alpha value is -4.01. The summed E-state index contributed by atoms with van der Waals surface area (Å²) in [6, 6.07) is 25.2. The highest BCUT2D eigenvalue weighted by molar-refractivity contribution is 5.91. The normalized spacial score (nSPS) is 22.9. The molecule has 8 heteroatoms. The minimum Gasteiger partial charge on any atom is -0.452 e. The van der Waals surface area contributed by atoms with Gasteiger partial charge in [-0.1, -0.05) is 54.6 Å². The first-order valence-corrected chi connectivity index (χ1v) is 12.4. The van der Waals surface area contributed by atoms with Gasteiger partial charge in [-0.25, -0.2) is 14.4 Å². The summed E-state index contributed by atoms with van der Waals surface area (Å²) in [5.41, 5.74) is 0.890. The van der Waals surface area contributed by atoms with Crippen molar-refractivity contribution in [2.45, 2.75) is 57.6 Å². The molecule has 0 radical (unpaired) electrons. The van der Waals surface area contributed by atoms with Crippen LogP contribution in [0.4, 0.5) is 0 Å². The lowest BCUT2D eigenvalue weighted by molar-refractivity contribution is -0.298. The van der Waals surface area contributed by atoms with Crippen LogP contribution in [-0.2, 0) is 23.7 Å². The second-order valence-electron chi connectivity index (χ2n) is 9.10. The third kappa shape index (κ3) is 6.65. The average Bonchev–Trinajstić information content (AvgIpc) is 2.93. The summed E-state index contributed by atoms with van der Waals surface area (Å²) in [7, 11) is 0. The molecule has 1 heterocycles. The Morgan fingerprint density at radius 1 is 0.605 bits per heavy atom. The molecule has 0 spiro atoms. The molecule has 0 N–H and O–H groups in total. The van der Waals surface area contributed by atoms with E-state index in [0.717, 1.165) is 0 Å². The fraction of sp³-hybridized carbons (Fsp3) is 0.300. The van der Waals surface area contributed by atoms with Crippen LogP contribution >= 0.6 is 0 Å². The quantitative estimate of drug-likeness (QED) is 0.309. The van der Waals surface area contributed by atoms with Crippen LogP contribution in [0, 0.1) is 0 Å². The van der Waals surface area contributed by atoms with Crippen LogP contribution < -0.4 is 0 Å². The van der Waals surface area contributed by atoms with Crippen molar-refractivity contribution in [1.29, 1.82) is 0 Å². The van der Waals surface area contributed by atoms with E-state index < -0.39 is 48.6 Å². The predicted molar refractivity (Wildman–Crippen MR) is 137 cm³/mol. The van der Waals surface area contributed by atoms with Crippen LogP contribution in [0.2, 0.25) is 0 Å². The molecule has 1 saturated heterocycles.